The molecule has 0 radical (unpaired) electrons. The molecule has 25 heavy (non-hydrogen) atoms. The number of hydrogen-bond donors (Lipinski definition) is 2. The highest BCUT2D eigenvalue weighted by atomic mass is 35.5. The Kier molecular flexibility index (Phi) is 5.17. The van der Waals surface area contributed by atoms with Gasteiger partial charge in [-0.2, -0.15) is 0 Å². The van der Waals surface area contributed by atoms with E-state index in [1.165, 1.54) is 24.4 Å². The fourth-order valence-corrected chi connectivity index (χ4v) is 3.40. The molecule has 2 aromatic heterocycles. The Morgan fingerprint density at radius 2 is 1.92 bits per heavy atom. The molecule has 2 heterocycles. The third-order valence-corrected chi connectivity index (χ3v) is 5.34. The summed E-state index contributed by atoms with van der Waals surface area (Å²) < 4.78 is 32.3. The molecule has 2 N–H and O–H groups in total. The summed E-state index contributed by atoms with van der Waals surface area (Å²) in [6.07, 6.45) is 3.12. The third kappa shape index (κ3) is 4.45. The summed E-state index contributed by atoms with van der Waals surface area (Å²) in [5.41, 5.74) is 0.730. The Morgan fingerprint density at radius 1 is 1.08 bits per heavy atom. The lowest BCUT2D eigenvalue weighted by Gasteiger charge is -2.09. The lowest BCUT2D eigenvalue weighted by molar-refractivity contribution is 0.518. The van der Waals surface area contributed by atoms with Crippen molar-refractivity contribution < 1.29 is 12.8 Å². The molecule has 0 spiro atoms. The van der Waals surface area contributed by atoms with E-state index >= 15 is 0 Å². The van der Waals surface area contributed by atoms with Gasteiger partial charge in [-0.05, 0) is 42.5 Å². The second-order valence-electron chi connectivity index (χ2n) is 5.05. The highest BCUT2D eigenvalue weighted by Gasteiger charge is 2.16. The molecule has 0 amide bonds. The van der Waals surface area contributed by atoms with E-state index in [0.717, 1.165) is 11.4 Å². The summed E-state index contributed by atoms with van der Waals surface area (Å²) in [4.78, 5) is 4.09. The molecule has 1 aromatic carbocycles. The number of sulfonamides is 1. The Hall–Kier alpha value is -2.22. The van der Waals surface area contributed by atoms with Crippen LogP contribution in [0.2, 0.25) is 10.0 Å². The van der Waals surface area contributed by atoms with Crippen LogP contribution in [0, 0.1) is 0 Å². The quantitative estimate of drug-likeness (QED) is 0.643. The molecule has 0 aliphatic rings. The average molecular weight is 398 g/mol. The summed E-state index contributed by atoms with van der Waals surface area (Å²) in [6, 6.07) is 11.0. The maximum atomic E-state index is 12.4. The maximum Gasteiger partial charge on any atom is 0.263 e. The number of nitrogens with zero attached hydrogens (tertiary/aromatic N) is 1. The summed E-state index contributed by atoms with van der Waals surface area (Å²) in [6.45, 7) is 0.503. The number of benzene rings is 1. The van der Waals surface area contributed by atoms with Gasteiger partial charge in [0, 0.05) is 0 Å². The van der Waals surface area contributed by atoms with Crippen molar-refractivity contribution >= 4 is 44.7 Å². The Balaban J connectivity index is 1.68. The summed E-state index contributed by atoms with van der Waals surface area (Å²) in [5, 5.41) is 3.56. The van der Waals surface area contributed by atoms with Crippen molar-refractivity contribution in [3.63, 3.8) is 0 Å². The molecule has 3 rings (SSSR count). The lowest BCUT2D eigenvalue weighted by Crippen LogP contribution is -2.14. The van der Waals surface area contributed by atoms with Crippen molar-refractivity contribution in [3.8, 4) is 0 Å². The van der Waals surface area contributed by atoms with Crippen molar-refractivity contribution in [1.29, 1.82) is 0 Å². The molecular weight excluding hydrogens is 385 g/mol. The highest BCUT2D eigenvalue weighted by Crippen LogP contribution is 2.25. The molecule has 0 unspecified atom stereocenters. The molecule has 3 aromatic rings. The van der Waals surface area contributed by atoms with E-state index in [1.54, 1.807) is 24.5 Å². The molecule has 9 heteroatoms. The second-order valence-corrected chi connectivity index (χ2v) is 7.54. The number of aromatic nitrogens is 1. The highest BCUT2D eigenvalue weighted by molar-refractivity contribution is 7.92. The zero-order valence-corrected chi connectivity index (χ0v) is 15.1. The van der Waals surface area contributed by atoms with Crippen molar-refractivity contribution in [1.82, 2.24) is 4.98 Å². The van der Waals surface area contributed by atoms with Crippen LogP contribution < -0.4 is 10.0 Å². The van der Waals surface area contributed by atoms with Gasteiger partial charge in [0.25, 0.3) is 10.0 Å². The minimum Gasteiger partial charge on any atom is -0.467 e. The molecule has 0 saturated carbocycles. The molecule has 0 fully saturated rings. The van der Waals surface area contributed by atoms with Gasteiger partial charge in [0.2, 0.25) is 0 Å². The smallest absolute Gasteiger partial charge is 0.263 e. The van der Waals surface area contributed by atoms with E-state index in [-0.39, 0.29) is 20.8 Å². The molecule has 6 nitrogen and oxygen atoms in total. The predicted molar refractivity (Wildman–Crippen MR) is 97.5 cm³/mol. The standard InChI is InChI=1S/C16H13Cl2N3O3S/c17-14-5-4-13(8-15(14)18)25(22,23)21-16-6-3-11(9-20-16)19-10-12-2-1-7-24-12/h1-9,19H,10H2,(H,20,21). The van der Waals surface area contributed by atoms with Crippen LogP contribution in [0.1, 0.15) is 5.76 Å². The van der Waals surface area contributed by atoms with Crippen LogP contribution in [0.5, 0.6) is 0 Å². The number of pyridine rings is 1. The van der Waals surface area contributed by atoms with Crippen molar-refractivity contribution in [2.24, 2.45) is 0 Å². The van der Waals surface area contributed by atoms with E-state index < -0.39 is 10.0 Å². The number of anilines is 2. The van der Waals surface area contributed by atoms with Gasteiger partial charge in [-0.25, -0.2) is 13.4 Å². The second kappa shape index (κ2) is 7.35. The zero-order valence-electron chi connectivity index (χ0n) is 12.7. The number of hydrogen-bond acceptors (Lipinski definition) is 5. The number of rotatable bonds is 6. The molecule has 0 aliphatic carbocycles. The third-order valence-electron chi connectivity index (χ3n) is 3.25. The van der Waals surface area contributed by atoms with Crippen LogP contribution in [0.4, 0.5) is 11.5 Å². The Bertz CT molecular complexity index is 959. The number of furan rings is 1. The van der Waals surface area contributed by atoms with E-state index in [1.807, 2.05) is 6.07 Å². The summed E-state index contributed by atoms with van der Waals surface area (Å²) >= 11 is 11.7. The minimum atomic E-state index is -3.80. The largest absolute Gasteiger partial charge is 0.467 e. The molecule has 130 valence electrons. The van der Waals surface area contributed by atoms with Crippen LogP contribution in [-0.2, 0) is 16.6 Å². The van der Waals surface area contributed by atoms with Gasteiger partial charge < -0.3 is 9.73 Å². The fourth-order valence-electron chi connectivity index (χ4n) is 2.00. The van der Waals surface area contributed by atoms with E-state index in [4.69, 9.17) is 27.6 Å². The van der Waals surface area contributed by atoms with Crippen molar-refractivity contribution in [2.75, 3.05) is 10.0 Å². The molecule has 0 saturated heterocycles. The Labute approximate surface area is 154 Å². The van der Waals surface area contributed by atoms with Gasteiger partial charge in [-0.1, -0.05) is 23.2 Å². The van der Waals surface area contributed by atoms with Crippen molar-refractivity contribution in [2.45, 2.75) is 11.4 Å². The first-order valence-electron chi connectivity index (χ1n) is 7.14. The Morgan fingerprint density at radius 3 is 2.56 bits per heavy atom. The predicted octanol–water partition coefficient (Wildman–Crippen LogP) is 4.39. The normalized spacial score (nSPS) is 11.3. The first-order valence-corrected chi connectivity index (χ1v) is 9.38. The molecule has 0 aliphatic heterocycles. The van der Waals surface area contributed by atoms with E-state index in [0.29, 0.717) is 6.54 Å². The lowest BCUT2D eigenvalue weighted by atomic mass is 10.4. The number of halogens is 2. The fraction of sp³-hybridized carbons (Fsp3) is 0.0625. The van der Waals surface area contributed by atoms with Gasteiger partial charge in [0.05, 0.1) is 39.6 Å². The summed E-state index contributed by atoms with van der Waals surface area (Å²) in [5.74, 6) is 0.971. The maximum absolute atomic E-state index is 12.4. The van der Waals surface area contributed by atoms with Gasteiger partial charge in [0.15, 0.2) is 0 Å². The van der Waals surface area contributed by atoms with E-state index in [9.17, 15) is 8.42 Å². The van der Waals surface area contributed by atoms with Gasteiger partial charge in [-0.15, -0.1) is 0 Å². The first kappa shape index (κ1) is 17.6. The van der Waals surface area contributed by atoms with Crippen LogP contribution in [0.15, 0.2) is 64.2 Å². The monoisotopic (exact) mass is 397 g/mol. The summed E-state index contributed by atoms with van der Waals surface area (Å²) in [7, 11) is -3.80. The zero-order chi connectivity index (χ0) is 17.9. The average Bonchev–Trinajstić information content (AvgIpc) is 3.10. The topological polar surface area (TPSA) is 84.2 Å². The van der Waals surface area contributed by atoms with Gasteiger partial charge >= 0.3 is 0 Å². The van der Waals surface area contributed by atoms with Crippen LogP contribution in [0.25, 0.3) is 0 Å². The molecular formula is C16H13Cl2N3O3S. The van der Waals surface area contributed by atoms with Crippen molar-refractivity contribution in [3.05, 3.63) is 70.7 Å². The van der Waals surface area contributed by atoms with Crippen LogP contribution >= 0.6 is 23.2 Å². The molecule has 0 bridgehead atoms. The van der Waals surface area contributed by atoms with Crippen LogP contribution in [0.3, 0.4) is 0 Å². The van der Waals surface area contributed by atoms with E-state index in [2.05, 4.69) is 15.0 Å². The molecule has 0 atom stereocenters. The minimum absolute atomic E-state index is 0.00345. The van der Waals surface area contributed by atoms with Crippen LogP contribution in [-0.4, -0.2) is 13.4 Å². The first-order chi connectivity index (χ1) is 11.9. The van der Waals surface area contributed by atoms with Gasteiger partial charge in [0.1, 0.15) is 11.6 Å². The SMILES string of the molecule is O=S(=O)(Nc1ccc(NCc2ccco2)cn1)c1ccc(Cl)c(Cl)c1. The van der Waals surface area contributed by atoms with Gasteiger partial charge in [-0.3, -0.25) is 4.72 Å². The number of nitrogens with one attached hydrogen (secondary N) is 2.